The van der Waals surface area contributed by atoms with E-state index in [0.29, 0.717) is 23.6 Å². The summed E-state index contributed by atoms with van der Waals surface area (Å²) in [5.41, 5.74) is 0. The van der Waals surface area contributed by atoms with Gasteiger partial charge in [0.1, 0.15) is 0 Å². The first-order chi connectivity index (χ1) is 6.65. The molecule has 4 heteroatoms. The molecule has 0 aliphatic rings. The fourth-order valence-electron chi connectivity index (χ4n) is 1.05. The summed E-state index contributed by atoms with van der Waals surface area (Å²) in [5.74, 6) is 2.93. The first-order valence-electron chi connectivity index (χ1n) is 5.03. The molecule has 1 rings (SSSR count). The lowest BCUT2D eigenvalue weighted by atomic mass is 9.98. The third-order valence-corrected chi connectivity index (χ3v) is 2.66. The highest BCUT2D eigenvalue weighted by molar-refractivity contribution is 6.17. The average Bonchev–Trinajstić information content (AvgIpc) is 2.61. The zero-order chi connectivity index (χ0) is 10.6. The molecule has 3 nitrogen and oxygen atoms in total. The predicted molar refractivity (Wildman–Crippen MR) is 56.6 cm³/mol. The van der Waals surface area contributed by atoms with Crippen LogP contribution in [0.25, 0.3) is 0 Å². The molecular weight excluding hydrogens is 200 g/mol. The SMILES string of the molecule is CC(C)C(C)c1nnc(CCCCl)o1. The van der Waals surface area contributed by atoms with Crippen molar-refractivity contribution in [2.75, 3.05) is 5.88 Å². The van der Waals surface area contributed by atoms with E-state index in [1.54, 1.807) is 0 Å². The van der Waals surface area contributed by atoms with Gasteiger partial charge in [0.15, 0.2) is 0 Å². The van der Waals surface area contributed by atoms with Gasteiger partial charge in [0, 0.05) is 18.2 Å². The summed E-state index contributed by atoms with van der Waals surface area (Å²) in [6.45, 7) is 6.39. The Balaban J connectivity index is 2.58. The lowest BCUT2D eigenvalue weighted by molar-refractivity contribution is 0.380. The van der Waals surface area contributed by atoms with Crippen LogP contribution in [-0.2, 0) is 6.42 Å². The maximum atomic E-state index is 5.58. The van der Waals surface area contributed by atoms with Crippen LogP contribution in [0.2, 0.25) is 0 Å². The van der Waals surface area contributed by atoms with Gasteiger partial charge < -0.3 is 4.42 Å². The molecular formula is C10H17ClN2O. The van der Waals surface area contributed by atoms with Crippen LogP contribution in [0.1, 0.15) is 44.9 Å². The van der Waals surface area contributed by atoms with E-state index in [1.807, 2.05) is 0 Å². The molecule has 1 heterocycles. The smallest absolute Gasteiger partial charge is 0.219 e. The van der Waals surface area contributed by atoms with Crippen LogP contribution in [0, 0.1) is 5.92 Å². The van der Waals surface area contributed by atoms with Crippen molar-refractivity contribution in [1.82, 2.24) is 10.2 Å². The Bertz CT molecular complexity index is 273. The van der Waals surface area contributed by atoms with Crippen molar-refractivity contribution >= 4 is 11.6 Å². The number of rotatable bonds is 5. The second-order valence-electron chi connectivity index (χ2n) is 3.86. The van der Waals surface area contributed by atoms with Crippen molar-refractivity contribution in [3.05, 3.63) is 11.8 Å². The molecule has 0 saturated heterocycles. The summed E-state index contributed by atoms with van der Waals surface area (Å²) < 4.78 is 5.53. The van der Waals surface area contributed by atoms with Crippen molar-refractivity contribution in [3.8, 4) is 0 Å². The van der Waals surface area contributed by atoms with Crippen LogP contribution >= 0.6 is 11.6 Å². The molecule has 0 aliphatic carbocycles. The Kier molecular flexibility index (Phi) is 4.39. The van der Waals surface area contributed by atoms with Gasteiger partial charge in [-0.2, -0.15) is 0 Å². The van der Waals surface area contributed by atoms with Crippen LogP contribution in [0.3, 0.4) is 0 Å². The molecule has 80 valence electrons. The molecule has 0 bridgehead atoms. The van der Waals surface area contributed by atoms with Crippen LogP contribution in [-0.4, -0.2) is 16.1 Å². The second kappa shape index (κ2) is 5.35. The summed E-state index contributed by atoms with van der Waals surface area (Å²) >= 11 is 5.58. The quantitative estimate of drug-likeness (QED) is 0.711. The van der Waals surface area contributed by atoms with Gasteiger partial charge in [0.05, 0.1) is 0 Å². The maximum absolute atomic E-state index is 5.58. The molecule has 0 aliphatic heterocycles. The van der Waals surface area contributed by atoms with E-state index in [2.05, 4.69) is 31.0 Å². The van der Waals surface area contributed by atoms with Gasteiger partial charge in [0.25, 0.3) is 0 Å². The van der Waals surface area contributed by atoms with Gasteiger partial charge in [0.2, 0.25) is 11.8 Å². The molecule has 0 saturated carbocycles. The number of alkyl halides is 1. The monoisotopic (exact) mass is 216 g/mol. The first kappa shape index (κ1) is 11.5. The minimum atomic E-state index is 0.326. The van der Waals surface area contributed by atoms with E-state index in [-0.39, 0.29) is 0 Å². The highest BCUT2D eigenvalue weighted by atomic mass is 35.5. The van der Waals surface area contributed by atoms with Crippen LogP contribution in [0.15, 0.2) is 4.42 Å². The summed E-state index contributed by atoms with van der Waals surface area (Å²) in [6, 6.07) is 0. The Morgan fingerprint density at radius 1 is 1.29 bits per heavy atom. The van der Waals surface area contributed by atoms with Crippen LogP contribution in [0.4, 0.5) is 0 Å². The summed E-state index contributed by atoms with van der Waals surface area (Å²) in [4.78, 5) is 0. The number of hydrogen-bond donors (Lipinski definition) is 0. The number of hydrogen-bond acceptors (Lipinski definition) is 3. The van der Waals surface area contributed by atoms with Crippen LogP contribution < -0.4 is 0 Å². The molecule has 1 atom stereocenters. The molecule has 0 aromatic carbocycles. The van der Waals surface area contributed by atoms with Crippen molar-refractivity contribution in [2.24, 2.45) is 5.92 Å². The third kappa shape index (κ3) is 2.98. The fourth-order valence-corrected chi connectivity index (χ4v) is 1.19. The molecule has 1 aromatic rings. The zero-order valence-corrected chi connectivity index (χ0v) is 9.71. The molecule has 1 unspecified atom stereocenters. The molecule has 0 amide bonds. The van der Waals surface area contributed by atoms with E-state index < -0.39 is 0 Å². The van der Waals surface area contributed by atoms with Crippen LogP contribution in [0.5, 0.6) is 0 Å². The van der Waals surface area contributed by atoms with E-state index in [4.69, 9.17) is 16.0 Å². The van der Waals surface area contributed by atoms with Gasteiger partial charge in [-0.15, -0.1) is 21.8 Å². The minimum Gasteiger partial charge on any atom is -0.425 e. The summed E-state index contributed by atoms with van der Waals surface area (Å²) in [7, 11) is 0. The Hall–Kier alpha value is -0.570. The molecule has 0 fully saturated rings. The van der Waals surface area contributed by atoms with Crippen molar-refractivity contribution in [3.63, 3.8) is 0 Å². The van der Waals surface area contributed by atoms with Gasteiger partial charge >= 0.3 is 0 Å². The number of nitrogens with zero attached hydrogens (tertiary/aromatic N) is 2. The molecule has 14 heavy (non-hydrogen) atoms. The Morgan fingerprint density at radius 2 is 2.00 bits per heavy atom. The van der Waals surface area contributed by atoms with Crippen molar-refractivity contribution in [1.29, 1.82) is 0 Å². The topological polar surface area (TPSA) is 38.9 Å². The molecule has 1 aromatic heterocycles. The molecule has 0 N–H and O–H groups in total. The summed E-state index contributed by atoms with van der Waals surface area (Å²) in [6.07, 6.45) is 1.67. The van der Waals surface area contributed by atoms with Gasteiger partial charge in [-0.05, 0) is 12.3 Å². The first-order valence-corrected chi connectivity index (χ1v) is 5.56. The van der Waals surface area contributed by atoms with E-state index >= 15 is 0 Å². The standard InChI is InChI=1S/C10H17ClN2O/c1-7(2)8(3)10-13-12-9(14-10)5-4-6-11/h7-8H,4-6H2,1-3H3. The zero-order valence-electron chi connectivity index (χ0n) is 8.96. The summed E-state index contributed by atoms with van der Waals surface area (Å²) in [5, 5.41) is 8.01. The van der Waals surface area contributed by atoms with Gasteiger partial charge in [-0.1, -0.05) is 20.8 Å². The van der Waals surface area contributed by atoms with Crippen molar-refractivity contribution < 1.29 is 4.42 Å². The van der Waals surface area contributed by atoms with Gasteiger partial charge in [-0.25, -0.2) is 0 Å². The van der Waals surface area contributed by atoms with E-state index in [1.165, 1.54) is 0 Å². The number of halogens is 1. The van der Waals surface area contributed by atoms with E-state index in [9.17, 15) is 0 Å². The normalized spacial score (nSPS) is 13.5. The largest absolute Gasteiger partial charge is 0.425 e. The highest BCUT2D eigenvalue weighted by Crippen LogP contribution is 2.22. The predicted octanol–water partition coefficient (Wildman–Crippen LogP) is 3.00. The third-order valence-electron chi connectivity index (χ3n) is 2.40. The molecule has 0 radical (unpaired) electrons. The Morgan fingerprint density at radius 3 is 2.57 bits per heavy atom. The van der Waals surface area contributed by atoms with Crippen molar-refractivity contribution in [2.45, 2.75) is 39.5 Å². The highest BCUT2D eigenvalue weighted by Gasteiger charge is 2.16. The molecule has 0 spiro atoms. The average molecular weight is 217 g/mol. The van der Waals surface area contributed by atoms with Gasteiger partial charge in [-0.3, -0.25) is 0 Å². The second-order valence-corrected chi connectivity index (χ2v) is 4.24. The lowest BCUT2D eigenvalue weighted by Gasteiger charge is -2.09. The Labute approximate surface area is 89.9 Å². The minimum absolute atomic E-state index is 0.326. The maximum Gasteiger partial charge on any atom is 0.219 e. The van der Waals surface area contributed by atoms with E-state index in [0.717, 1.165) is 18.7 Å². The lowest BCUT2D eigenvalue weighted by Crippen LogP contribution is -2.01. The fraction of sp³-hybridized carbons (Fsp3) is 0.800. The number of aryl methyl sites for hydroxylation is 1. The number of aromatic nitrogens is 2.